The van der Waals surface area contributed by atoms with Gasteiger partial charge in [-0.1, -0.05) is 0 Å². The highest BCUT2D eigenvalue weighted by Gasteiger charge is 2.33. The van der Waals surface area contributed by atoms with E-state index in [0.717, 1.165) is 0 Å². The third kappa shape index (κ3) is 3.52. The van der Waals surface area contributed by atoms with Crippen LogP contribution < -0.4 is 4.74 Å². The predicted octanol–water partition coefficient (Wildman–Crippen LogP) is 2.96. The van der Waals surface area contributed by atoms with Gasteiger partial charge in [0.25, 0.3) is 0 Å². The summed E-state index contributed by atoms with van der Waals surface area (Å²) in [7, 11) is 0. The molecule has 0 saturated carbocycles. The van der Waals surface area contributed by atoms with E-state index >= 15 is 0 Å². The van der Waals surface area contributed by atoms with Crippen LogP contribution in [0.25, 0.3) is 0 Å². The molecule has 1 aromatic heterocycles. The fourth-order valence-corrected chi connectivity index (χ4v) is 1.65. The van der Waals surface area contributed by atoms with Crippen molar-refractivity contribution in [2.45, 2.75) is 19.7 Å². The van der Waals surface area contributed by atoms with Gasteiger partial charge in [0.1, 0.15) is 0 Å². The van der Waals surface area contributed by atoms with E-state index in [0.29, 0.717) is 11.3 Å². The summed E-state index contributed by atoms with van der Waals surface area (Å²) < 4.78 is 39.9. The predicted molar refractivity (Wildman–Crippen MR) is 57.7 cm³/mol. The lowest BCUT2D eigenvalue weighted by Gasteiger charge is -2.11. The van der Waals surface area contributed by atoms with E-state index in [2.05, 4.69) is 9.72 Å². The van der Waals surface area contributed by atoms with Crippen molar-refractivity contribution in [1.82, 2.24) is 4.98 Å². The molecule has 16 heavy (non-hydrogen) atoms. The zero-order valence-electron chi connectivity index (χ0n) is 8.10. The third-order valence-corrected chi connectivity index (χ3v) is 2.49. The Morgan fingerprint density at radius 2 is 2.19 bits per heavy atom. The number of alkyl halides is 3. The molecular weight excluding hydrogens is 336 g/mol. The first kappa shape index (κ1) is 13.0. The molecule has 1 aromatic rings. The Kier molecular flexibility index (Phi) is 3.96. The molecule has 0 bridgehead atoms. The van der Waals surface area contributed by atoms with Crippen LogP contribution in [0.3, 0.4) is 0 Å². The summed E-state index contributed by atoms with van der Waals surface area (Å²) in [5.41, 5.74) is 0.961. The van der Waals surface area contributed by atoms with E-state index in [1.54, 1.807) is 22.6 Å². The Labute approximate surface area is 103 Å². The highest BCUT2D eigenvalue weighted by Crippen LogP contribution is 2.27. The van der Waals surface area contributed by atoms with Crippen molar-refractivity contribution in [3.05, 3.63) is 20.9 Å². The number of hydrogen-bond donors (Lipinski definition) is 0. The Hall–Kier alpha value is -1.04. The fraction of sp³-hybridized carbons (Fsp3) is 0.333. The summed E-state index contributed by atoms with van der Waals surface area (Å²) in [6, 6.07) is 3.38. The lowest BCUT2D eigenvalue weighted by Crippen LogP contribution is -2.19. The summed E-state index contributed by atoms with van der Waals surface area (Å²) >= 11 is 1.69. The van der Waals surface area contributed by atoms with Gasteiger partial charge in [-0.2, -0.15) is 5.26 Å². The van der Waals surface area contributed by atoms with E-state index in [1.807, 2.05) is 6.07 Å². The second-order valence-electron chi connectivity index (χ2n) is 2.90. The summed E-state index contributed by atoms with van der Waals surface area (Å²) in [4.78, 5) is 3.68. The van der Waals surface area contributed by atoms with Crippen LogP contribution in [0.4, 0.5) is 13.2 Å². The molecule has 0 unspecified atom stereocenters. The van der Waals surface area contributed by atoms with Gasteiger partial charge in [-0.05, 0) is 41.1 Å². The average molecular weight is 342 g/mol. The molecule has 86 valence electrons. The maximum Gasteiger partial charge on any atom is 0.574 e. The van der Waals surface area contributed by atoms with Crippen molar-refractivity contribution < 1.29 is 17.9 Å². The van der Waals surface area contributed by atoms with Gasteiger partial charge in [-0.3, -0.25) is 0 Å². The van der Waals surface area contributed by atoms with Gasteiger partial charge in [0, 0.05) is 5.69 Å². The molecule has 7 heteroatoms. The molecule has 0 amide bonds. The molecular formula is C9H6F3IN2O. The second-order valence-corrected chi connectivity index (χ2v) is 4.06. The number of hydrogen-bond acceptors (Lipinski definition) is 3. The summed E-state index contributed by atoms with van der Waals surface area (Å²) in [5.74, 6) is -0.479. The van der Waals surface area contributed by atoms with Crippen LogP contribution in [0, 0.1) is 21.8 Å². The van der Waals surface area contributed by atoms with Gasteiger partial charge in [-0.15, -0.1) is 13.2 Å². The van der Waals surface area contributed by atoms with E-state index in [-0.39, 0.29) is 9.99 Å². The third-order valence-electron chi connectivity index (χ3n) is 1.72. The van der Waals surface area contributed by atoms with Gasteiger partial charge in [0.05, 0.1) is 16.1 Å². The van der Waals surface area contributed by atoms with E-state index < -0.39 is 12.2 Å². The van der Waals surface area contributed by atoms with Gasteiger partial charge in [0.2, 0.25) is 5.88 Å². The Morgan fingerprint density at radius 3 is 2.69 bits per heavy atom. The van der Waals surface area contributed by atoms with E-state index in [4.69, 9.17) is 5.26 Å². The SMILES string of the molecule is Cc1nc(OC(F)(F)F)c(I)cc1CC#N. The molecule has 0 atom stereocenters. The first-order valence-corrected chi connectivity index (χ1v) is 5.20. The van der Waals surface area contributed by atoms with Crippen molar-refractivity contribution in [3.8, 4) is 11.9 Å². The van der Waals surface area contributed by atoms with Gasteiger partial charge < -0.3 is 4.74 Å². The highest BCUT2D eigenvalue weighted by atomic mass is 127. The minimum atomic E-state index is -4.75. The molecule has 0 aliphatic rings. The molecule has 3 nitrogen and oxygen atoms in total. The van der Waals surface area contributed by atoms with Crippen LogP contribution in [0.1, 0.15) is 11.3 Å². The monoisotopic (exact) mass is 342 g/mol. The number of aromatic nitrogens is 1. The molecule has 0 aliphatic heterocycles. The fourth-order valence-electron chi connectivity index (χ4n) is 1.04. The molecule has 1 heterocycles. The van der Waals surface area contributed by atoms with E-state index in [1.165, 1.54) is 13.0 Å². The second kappa shape index (κ2) is 4.86. The van der Waals surface area contributed by atoms with Gasteiger partial charge >= 0.3 is 6.36 Å². The minimum Gasteiger partial charge on any atom is -0.387 e. The molecule has 0 fully saturated rings. The molecule has 0 saturated heterocycles. The highest BCUT2D eigenvalue weighted by molar-refractivity contribution is 14.1. The van der Waals surface area contributed by atoms with Crippen LogP contribution in [-0.4, -0.2) is 11.3 Å². The van der Waals surface area contributed by atoms with E-state index in [9.17, 15) is 13.2 Å². The van der Waals surface area contributed by atoms with Crippen LogP contribution in [0.2, 0.25) is 0 Å². The zero-order valence-corrected chi connectivity index (χ0v) is 10.3. The van der Waals surface area contributed by atoms with Crippen LogP contribution in [0.15, 0.2) is 6.07 Å². The van der Waals surface area contributed by atoms with Crippen molar-refractivity contribution in [1.29, 1.82) is 5.26 Å². The molecule has 0 spiro atoms. The normalized spacial score (nSPS) is 11.0. The lowest BCUT2D eigenvalue weighted by molar-refractivity contribution is -0.276. The van der Waals surface area contributed by atoms with Gasteiger partial charge in [0.15, 0.2) is 0 Å². The number of ether oxygens (including phenoxy) is 1. The molecule has 1 rings (SSSR count). The molecule has 0 N–H and O–H groups in total. The number of pyridine rings is 1. The number of halogens is 4. The number of rotatable bonds is 2. The van der Waals surface area contributed by atoms with Crippen molar-refractivity contribution in [3.63, 3.8) is 0 Å². The topological polar surface area (TPSA) is 45.9 Å². The molecule has 0 radical (unpaired) electrons. The Balaban J connectivity index is 3.07. The standard InChI is InChI=1S/C9H6F3IN2O/c1-5-6(2-3-14)4-7(13)8(15-5)16-9(10,11)12/h4H,2H2,1H3. The lowest BCUT2D eigenvalue weighted by atomic mass is 10.1. The zero-order chi connectivity index (χ0) is 12.3. The van der Waals surface area contributed by atoms with Crippen LogP contribution in [0.5, 0.6) is 5.88 Å². The maximum absolute atomic E-state index is 12.0. The van der Waals surface area contributed by atoms with Crippen LogP contribution >= 0.6 is 22.6 Å². The summed E-state index contributed by atoms with van der Waals surface area (Å²) in [6.45, 7) is 1.53. The number of aryl methyl sites for hydroxylation is 1. The van der Waals surface area contributed by atoms with Crippen molar-refractivity contribution in [2.75, 3.05) is 0 Å². The van der Waals surface area contributed by atoms with Crippen molar-refractivity contribution >= 4 is 22.6 Å². The first-order chi connectivity index (χ1) is 7.33. The summed E-state index contributed by atoms with van der Waals surface area (Å²) in [6.07, 6.45) is -4.64. The van der Waals surface area contributed by atoms with Crippen LogP contribution in [-0.2, 0) is 6.42 Å². The average Bonchev–Trinajstić information content (AvgIpc) is 2.11. The Bertz CT molecular complexity index is 440. The smallest absolute Gasteiger partial charge is 0.387 e. The number of nitriles is 1. The number of nitrogens with zero attached hydrogens (tertiary/aromatic N) is 2. The minimum absolute atomic E-state index is 0.112. The molecule has 0 aliphatic carbocycles. The maximum atomic E-state index is 12.0. The van der Waals surface area contributed by atoms with Gasteiger partial charge in [-0.25, -0.2) is 4.98 Å². The largest absolute Gasteiger partial charge is 0.574 e. The molecule has 0 aromatic carbocycles. The quantitative estimate of drug-likeness (QED) is 0.777. The summed E-state index contributed by atoms with van der Waals surface area (Å²) in [5, 5.41) is 8.50. The van der Waals surface area contributed by atoms with Crippen molar-refractivity contribution in [2.24, 2.45) is 0 Å². The Morgan fingerprint density at radius 1 is 1.56 bits per heavy atom. The first-order valence-electron chi connectivity index (χ1n) is 4.12.